The Morgan fingerprint density at radius 2 is 2.08 bits per heavy atom. The van der Waals surface area contributed by atoms with Crippen molar-refractivity contribution < 1.29 is 0 Å². The van der Waals surface area contributed by atoms with Crippen molar-refractivity contribution in [3.63, 3.8) is 0 Å². The van der Waals surface area contributed by atoms with Crippen LogP contribution < -0.4 is 0 Å². The molecule has 72 valence electrons. The molecule has 0 atom stereocenters. The molecule has 0 aliphatic heterocycles. The Kier molecular flexibility index (Phi) is 10.2. The van der Waals surface area contributed by atoms with Crippen LogP contribution in [0.25, 0.3) is 0 Å². The molecule has 0 N–H and O–H groups in total. The van der Waals surface area contributed by atoms with E-state index >= 15 is 0 Å². The molecule has 12 heavy (non-hydrogen) atoms. The van der Waals surface area contributed by atoms with Crippen molar-refractivity contribution in [3.05, 3.63) is 9.88 Å². The molecule has 2 heteroatoms. The summed E-state index contributed by atoms with van der Waals surface area (Å²) in [6, 6.07) is 0. The Bertz CT molecular complexity index is 115. The quantitative estimate of drug-likeness (QED) is 0.488. The van der Waals surface area contributed by atoms with E-state index in [2.05, 4.69) is 25.1 Å². The minimum atomic E-state index is 0.712. The van der Waals surface area contributed by atoms with E-state index in [9.17, 15) is 0 Å². The second-order valence-corrected chi connectivity index (χ2v) is 5.99. The third kappa shape index (κ3) is 7.27. The summed E-state index contributed by atoms with van der Waals surface area (Å²) < 4.78 is 1.61. The van der Waals surface area contributed by atoms with Crippen molar-refractivity contribution in [3.8, 4) is 0 Å². The SMILES string of the molecule is CCCCCC/C=C(\SC)[Se]C. The fourth-order valence-corrected chi connectivity index (χ4v) is 3.14. The maximum atomic E-state index is 2.43. The molecule has 0 unspecified atom stereocenters. The Labute approximate surface area is 87.7 Å². The molecule has 0 fully saturated rings. The second-order valence-electron chi connectivity index (χ2n) is 2.78. The number of rotatable bonds is 7. The summed E-state index contributed by atoms with van der Waals surface area (Å²) in [5.41, 5.74) is 0. The molecule has 0 aromatic rings. The van der Waals surface area contributed by atoms with Gasteiger partial charge in [-0.05, 0) is 0 Å². The van der Waals surface area contributed by atoms with Gasteiger partial charge in [0.25, 0.3) is 0 Å². The molecule has 0 radical (unpaired) electrons. The van der Waals surface area contributed by atoms with Gasteiger partial charge >= 0.3 is 87.7 Å². The molecular formula is C10H20SSe. The Balaban J connectivity index is 3.31. The number of allylic oxidation sites excluding steroid dienone is 1. The molecule has 0 saturated heterocycles. The predicted octanol–water partition coefficient (Wildman–Crippen LogP) is 3.91. The first-order valence-electron chi connectivity index (χ1n) is 4.63. The van der Waals surface area contributed by atoms with Crippen LogP contribution in [0.15, 0.2) is 9.88 Å². The van der Waals surface area contributed by atoms with E-state index in [0.29, 0.717) is 15.0 Å². The van der Waals surface area contributed by atoms with Crippen LogP contribution in [0.1, 0.15) is 39.0 Å². The standard InChI is InChI=1S/C10H20SSe/c1-4-5-6-7-8-9-10(11-2)12-3/h9H,4-8H2,1-3H3/b10-9+. The van der Waals surface area contributed by atoms with Crippen molar-refractivity contribution in [1.29, 1.82) is 0 Å². The van der Waals surface area contributed by atoms with Crippen molar-refractivity contribution in [2.75, 3.05) is 6.26 Å². The first kappa shape index (κ1) is 12.6. The number of unbranched alkanes of at least 4 members (excludes halogenated alkanes) is 4. The van der Waals surface area contributed by atoms with Gasteiger partial charge in [0.1, 0.15) is 0 Å². The van der Waals surface area contributed by atoms with E-state index < -0.39 is 0 Å². The zero-order chi connectivity index (χ0) is 9.23. The van der Waals surface area contributed by atoms with Crippen LogP contribution in [0.3, 0.4) is 0 Å². The molecule has 0 aliphatic rings. The molecule has 0 aliphatic carbocycles. The van der Waals surface area contributed by atoms with Crippen LogP contribution in [-0.2, 0) is 0 Å². The molecule has 0 saturated carbocycles. The summed E-state index contributed by atoms with van der Waals surface area (Å²) in [4.78, 5) is 0. The van der Waals surface area contributed by atoms with Crippen LogP contribution in [-0.4, -0.2) is 21.2 Å². The van der Waals surface area contributed by atoms with Crippen molar-refractivity contribution in [1.82, 2.24) is 0 Å². The summed E-state index contributed by atoms with van der Waals surface area (Å²) in [5, 5.41) is 0. The summed E-state index contributed by atoms with van der Waals surface area (Å²) in [5.74, 6) is 2.29. The van der Waals surface area contributed by atoms with Crippen LogP contribution >= 0.6 is 11.8 Å². The third-order valence-corrected chi connectivity index (χ3v) is 5.45. The van der Waals surface area contributed by atoms with Crippen LogP contribution in [0.4, 0.5) is 0 Å². The van der Waals surface area contributed by atoms with Crippen LogP contribution in [0.2, 0.25) is 5.82 Å². The van der Waals surface area contributed by atoms with Crippen LogP contribution in [0.5, 0.6) is 0 Å². The molecule has 0 aromatic carbocycles. The van der Waals surface area contributed by atoms with Gasteiger partial charge in [0, 0.05) is 0 Å². The molecule has 0 heterocycles. The summed E-state index contributed by atoms with van der Waals surface area (Å²) in [6.45, 7) is 2.26. The van der Waals surface area contributed by atoms with Gasteiger partial charge in [-0.15, -0.1) is 0 Å². The maximum absolute atomic E-state index is 2.43. The monoisotopic (exact) mass is 252 g/mol. The van der Waals surface area contributed by atoms with Gasteiger partial charge in [0.15, 0.2) is 0 Å². The normalized spacial score (nSPS) is 12.1. The summed E-state index contributed by atoms with van der Waals surface area (Å²) in [6.07, 6.45) is 11.4. The molecule has 0 amide bonds. The van der Waals surface area contributed by atoms with Crippen molar-refractivity contribution in [2.24, 2.45) is 0 Å². The number of hydrogen-bond acceptors (Lipinski definition) is 1. The molecule has 0 rings (SSSR count). The van der Waals surface area contributed by atoms with Crippen LogP contribution in [0, 0.1) is 0 Å². The Morgan fingerprint density at radius 1 is 1.33 bits per heavy atom. The summed E-state index contributed by atoms with van der Waals surface area (Å²) in [7, 11) is 0. The first-order chi connectivity index (χ1) is 5.85. The van der Waals surface area contributed by atoms with Gasteiger partial charge < -0.3 is 0 Å². The zero-order valence-electron chi connectivity index (χ0n) is 8.43. The molecule has 0 nitrogen and oxygen atoms in total. The van der Waals surface area contributed by atoms with E-state index in [1.807, 2.05) is 11.8 Å². The van der Waals surface area contributed by atoms with Gasteiger partial charge in [0.05, 0.1) is 0 Å². The van der Waals surface area contributed by atoms with E-state index in [4.69, 9.17) is 0 Å². The predicted molar refractivity (Wildman–Crippen MR) is 62.0 cm³/mol. The Hall–Kier alpha value is 0.609. The average Bonchev–Trinajstić information content (AvgIpc) is 2.11. The van der Waals surface area contributed by atoms with Gasteiger partial charge in [-0.25, -0.2) is 0 Å². The fourth-order valence-electron chi connectivity index (χ4n) is 1.04. The molecule has 0 spiro atoms. The number of hydrogen-bond donors (Lipinski definition) is 0. The van der Waals surface area contributed by atoms with E-state index in [1.165, 1.54) is 32.1 Å². The first-order valence-corrected chi connectivity index (χ1v) is 8.42. The van der Waals surface area contributed by atoms with Gasteiger partial charge in [-0.2, -0.15) is 0 Å². The molecule has 0 bridgehead atoms. The number of thioether (sulfide) groups is 1. The topological polar surface area (TPSA) is 0 Å². The van der Waals surface area contributed by atoms with Gasteiger partial charge in [-0.3, -0.25) is 0 Å². The van der Waals surface area contributed by atoms with Gasteiger partial charge in [-0.1, -0.05) is 0 Å². The second kappa shape index (κ2) is 9.70. The average molecular weight is 251 g/mol. The van der Waals surface area contributed by atoms with Crippen molar-refractivity contribution >= 4 is 26.7 Å². The molecule has 0 aromatic heterocycles. The fraction of sp³-hybridized carbons (Fsp3) is 0.800. The Morgan fingerprint density at radius 3 is 2.58 bits per heavy atom. The zero-order valence-corrected chi connectivity index (χ0v) is 11.0. The minimum absolute atomic E-state index is 0.712. The molecular weight excluding hydrogens is 231 g/mol. The van der Waals surface area contributed by atoms with Gasteiger partial charge in [0.2, 0.25) is 0 Å². The van der Waals surface area contributed by atoms with Crippen molar-refractivity contribution in [2.45, 2.75) is 44.9 Å². The third-order valence-electron chi connectivity index (χ3n) is 1.77. The summed E-state index contributed by atoms with van der Waals surface area (Å²) >= 11 is 2.64. The van der Waals surface area contributed by atoms with E-state index in [0.717, 1.165) is 0 Å². The van der Waals surface area contributed by atoms with E-state index in [1.54, 1.807) is 3.80 Å². The van der Waals surface area contributed by atoms with E-state index in [-0.39, 0.29) is 0 Å².